The molecule has 0 bridgehead atoms. The van der Waals surface area contributed by atoms with Crippen LogP contribution < -0.4 is 0 Å². The van der Waals surface area contributed by atoms with Gasteiger partial charge in [-0.25, -0.2) is 15.0 Å². The fraction of sp³-hybridized carbons (Fsp3) is 0. The van der Waals surface area contributed by atoms with Gasteiger partial charge in [-0.05, 0) is 89.0 Å². The summed E-state index contributed by atoms with van der Waals surface area (Å²) in [7, 11) is 0. The van der Waals surface area contributed by atoms with E-state index >= 15 is 0 Å². The van der Waals surface area contributed by atoms with Crippen LogP contribution in [0.5, 0.6) is 0 Å². The van der Waals surface area contributed by atoms with Gasteiger partial charge >= 0.3 is 0 Å². The van der Waals surface area contributed by atoms with Crippen LogP contribution in [0.25, 0.3) is 128 Å². The third kappa shape index (κ3) is 5.76. The summed E-state index contributed by atoms with van der Waals surface area (Å²) in [6.45, 7) is 0. The molecule has 0 radical (unpaired) electrons. The fourth-order valence-electron chi connectivity index (χ4n) is 9.27. The smallest absolute Gasteiger partial charge is 0.167 e. The van der Waals surface area contributed by atoms with Gasteiger partial charge in [0.2, 0.25) is 0 Å². The van der Waals surface area contributed by atoms with Crippen molar-refractivity contribution < 1.29 is 8.83 Å². The molecule has 0 unspecified atom stereocenters. The van der Waals surface area contributed by atoms with Gasteiger partial charge in [0.05, 0.1) is 16.6 Å². The Kier molecular flexibility index (Phi) is 7.80. The van der Waals surface area contributed by atoms with Crippen molar-refractivity contribution in [2.75, 3.05) is 0 Å². The highest BCUT2D eigenvalue weighted by atomic mass is 16.3. The molecule has 0 aliphatic heterocycles. The minimum absolute atomic E-state index is 0.520. The van der Waals surface area contributed by atoms with Gasteiger partial charge in [-0.2, -0.15) is 0 Å². The van der Waals surface area contributed by atoms with Gasteiger partial charge < -0.3 is 13.4 Å². The van der Waals surface area contributed by atoms with Crippen LogP contribution in [-0.4, -0.2) is 19.5 Å². The molecule has 6 heteroatoms. The number of hydrogen-bond donors (Lipinski definition) is 0. The van der Waals surface area contributed by atoms with Crippen LogP contribution in [0.2, 0.25) is 0 Å². The molecule has 63 heavy (non-hydrogen) atoms. The van der Waals surface area contributed by atoms with Gasteiger partial charge in [0.15, 0.2) is 17.5 Å². The largest absolute Gasteiger partial charge is 0.456 e. The first kappa shape index (κ1) is 35.2. The van der Waals surface area contributed by atoms with E-state index in [2.05, 4.69) is 168 Å². The second kappa shape index (κ2) is 14.0. The van der Waals surface area contributed by atoms with E-state index in [0.717, 1.165) is 99.5 Å². The minimum Gasteiger partial charge on any atom is -0.456 e. The lowest BCUT2D eigenvalue weighted by Gasteiger charge is -2.12. The molecular formula is C57H34N4O2. The van der Waals surface area contributed by atoms with Gasteiger partial charge in [0, 0.05) is 55.2 Å². The zero-order valence-corrected chi connectivity index (χ0v) is 33.7. The zero-order valence-electron chi connectivity index (χ0n) is 33.7. The lowest BCUT2D eigenvalue weighted by molar-refractivity contribution is 0.668. The highest BCUT2D eigenvalue weighted by Gasteiger charge is 2.20. The molecule has 6 nitrogen and oxygen atoms in total. The number of aromatic nitrogens is 4. The van der Waals surface area contributed by atoms with Crippen molar-refractivity contribution in [3.05, 3.63) is 206 Å². The van der Waals surface area contributed by atoms with Gasteiger partial charge in [-0.15, -0.1) is 0 Å². The predicted molar refractivity (Wildman–Crippen MR) is 256 cm³/mol. The summed E-state index contributed by atoms with van der Waals surface area (Å²) in [6.07, 6.45) is 0. The quantitative estimate of drug-likeness (QED) is 0.167. The maximum Gasteiger partial charge on any atom is 0.167 e. The summed E-state index contributed by atoms with van der Waals surface area (Å²) in [6, 6.07) is 71.6. The average molecular weight is 807 g/mol. The number of nitrogens with zero attached hydrogens (tertiary/aromatic N) is 4. The second-order valence-electron chi connectivity index (χ2n) is 16.0. The first-order valence-electron chi connectivity index (χ1n) is 21.1. The van der Waals surface area contributed by atoms with E-state index in [0.29, 0.717) is 17.5 Å². The van der Waals surface area contributed by atoms with Crippen LogP contribution in [0, 0.1) is 0 Å². The van der Waals surface area contributed by atoms with Gasteiger partial charge in [0.1, 0.15) is 22.3 Å². The molecule has 0 spiro atoms. The molecule has 9 aromatic carbocycles. The Morgan fingerprint density at radius 1 is 0.302 bits per heavy atom. The van der Waals surface area contributed by atoms with Gasteiger partial charge in [0.25, 0.3) is 0 Å². The zero-order chi connectivity index (χ0) is 41.4. The molecule has 0 fully saturated rings. The Morgan fingerprint density at radius 3 is 1.52 bits per heavy atom. The summed E-state index contributed by atoms with van der Waals surface area (Å²) < 4.78 is 15.6. The van der Waals surface area contributed by atoms with Crippen LogP contribution in [0.15, 0.2) is 215 Å². The molecule has 0 aliphatic carbocycles. The van der Waals surface area contributed by atoms with Crippen LogP contribution in [0.1, 0.15) is 0 Å². The standard InChI is InChI=1S/C57H34N4O2/c1-3-14-35(15-4-1)38-30-39(36-16-5-2-6-17-36)32-40(31-38)56-58-55(59-57(60-56)48-22-13-21-47-44-20-9-12-25-51(44)63-54(47)48)37-26-28-45-46-29-27-41(34-53(46)62-52(45)33-37)61-49-23-10-7-18-42(49)43-19-8-11-24-50(43)61/h1-34H. The Bertz CT molecular complexity index is 3810. The number of fused-ring (bicyclic) bond motifs is 9. The lowest BCUT2D eigenvalue weighted by Crippen LogP contribution is -2.01. The van der Waals surface area contributed by atoms with Crippen LogP contribution in [0.4, 0.5) is 0 Å². The van der Waals surface area contributed by atoms with Crippen LogP contribution in [0.3, 0.4) is 0 Å². The number of para-hydroxylation sites is 4. The predicted octanol–water partition coefficient (Wildman–Crippen LogP) is 15.1. The van der Waals surface area contributed by atoms with Gasteiger partial charge in [-0.1, -0.05) is 133 Å². The monoisotopic (exact) mass is 806 g/mol. The summed E-state index contributed by atoms with van der Waals surface area (Å²) in [4.78, 5) is 15.7. The summed E-state index contributed by atoms with van der Waals surface area (Å²) in [5.41, 5.74) is 13.3. The van der Waals surface area contributed by atoms with Crippen LogP contribution >= 0.6 is 0 Å². The van der Waals surface area contributed by atoms with Crippen molar-refractivity contribution in [3.63, 3.8) is 0 Å². The second-order valence-corrected chi connectivity index (χ2v) is 16.0. The summed E-state index contributed by atoms with van der Waals surface area (Å²) in [5, 5.41) is 6.56. The van der Waals surface area contributed by atoms with E-state index in [4.69, 9.17) is 23.8 Å². The van der Waals surface area contributed by atoms with Crippen molar-refractivity contribution in [3.8, 4) is 62.1 Å². The highest BCUT2D eigenvalue weighted by Crippen LogP contribution is 2.40. The maximum absolute atomic E-state index is 6.73. The summed E-state index contributed by atoms with van der Waals surface area (Å²) in [5.74, 6) is 1.60. The number of furan rings is 2. The molecule has 0 aliphatic rings. The topological polar surface area (TPSA) is 69.9 Å². The number of hydrogen-bond acceptors (Lipinski definition) is 5. The lowest BCUT2D eigenvalue weighted by atomic mass is 9.96. The van der Waals surface area contributed by atoms with E-state index in [9.17, 15) is 0 Å². The third-order valence-electron chi connectivity index (χ3n) is 12.2. The summed E-state index contributed by atoms with van der Waals surface area (Å²) >= 11 is 0. The minimum atomic E-state index is 0.520. The number of benzene rings is 9. The van der Waals surface area contributed by atoms with Crippen molar-refractivity contribution in [2.45, 2.75) is 0 Å². The molecular weight excluding hydrogens is 773 g/mol. The molecule has 0 N–H and O–H groups in total. The van der Waals surface area contributed by atoms with E-state index < -0.39 is 0 Å². The molecule has 0 saturated heterocycles. The van der Waals surface area contributed by atoms with Crippen molar-refractivity contribution >= 4 is 65.7 Å². The Labute approximate surface area is 361 Å². The van der Waals surface area contributed by atoms with E-state index in [1.54, 1.807) is 0 Å². The van der Waals surface area contributed by atoms with Crippen molar-refractivity contribution in [1.29, 1.82) is 0 Å². The molecule has 4 heterocycles. The Morgan fingerprint density at radius 2 is 0.825 bits per heavy atom. The first-order valence-corrected chi connectivity index (χ1v) is 21.1. The molecule has 13 aromatic rings. The molecule has 4 aromatic heterocycles. The Balaban J connectivity index is 1.00. The van der Waals surface area contributed by atoms with Gasteiger partial charge in [-0.3, -0.25) is 0 Å². The number of rotatable bonds is 6. The molecule has 0 atom stereocenters. The third-order valence-corrected chi connectivity index (χ3v) is 12.2. The van der Waals surface area contributed by atoms with Crippen molar-refractivity contribution in [2.24, 2.45) is 0 Å². The van der Waals surface area contributed by atoms with Crippen LogP contribution in [-0.2, 0) is 0 Å². The molecule has 0 saturated carbocycles. The first-order chi connectivity index (χ1) is 31.2. The molecule has 294 valence electrons. The highest BCUT2D eigenvalue weighted by molar-refractivity contribution is 6.11. The van der Waals surface area contributed by atoms with E-state index in [-0.39, 0.29) is 0 Å². The SMILES string of the molecule is c1ccc(-c2cc(-c3ccccc3)cc(-c3nc(-c4ccc5c(c4)oc4cc(-n6c7ccccc7c7ccccc76)ccc45)nc(-c4cccc5c4oc4ccccc45)n3)c2)cc1. The van der Waals surface area contributed by atoms with E-state index in [1.165, 1.54) is 10.8 Å². The average Bonchev–Trinajstić information content (AvgIpc) is 4.03. The maximum atomic E-state index is 6.73. The fourth-order valence-corrected chi connectivity index (χ4v) is 9.27. The normalized spacial score (nSPS) is 11.8. The van der Waals surface area contributed by atoms with E-state index in [1.807, 2.05) is 42.5 Å². The van der Waals surface area contributed by atoms with Crippen molar-refractivity contribution in [1.82, 2.24) is 19.5 Å². The molecule has 0 amide bonds. The Hall–Kier alpha value is -8.61. The molecule has 13 rings (SSSR count).